The maximum Gasteiger partial charge on any atom is 0.164 e. The molecule has 4 saturated carbocycles. The van der Waals surface area contributed by atoms with Crippen LogP contribution in [0.3, 0.4) is 0 Å². The molecule has 2 nitrogen and oxygen atoms in total. The van der Waals surface area contributed by atoms with Crippen LogP contribution >= 0.6 is 0 Å². The second kappa shape index (κ2) is 2.81. The molecule has 0 aromatic rings. The summed E-state index contributed by atoms with van der Waals surface area (Å²) in [6.07, 6.45) is 5.22. The third kappa shape index (κ3) is 1.05. The van der Waals surface area contributed by atoms with E-state index < -0.39 is 0 Å². The highest BCUT2D eigenvalue weighted by atomic mass is 16.1. The summed E-state index contributed by atoms with van der Waals surface area (Å²) in [5, 5.41) is 0. The fourth-order valence-corrected chi connectivity index (χ4v) is 3.90. The summed E-state index contributed by atoms with van der Waals surface area (Å²) in [7, 11) is 0. The van der Waals surface area contributed by atoms with Crippen molar-refractivity contribution >= 4 is 11.6 Å². The molecule has 0 aromatic heterocycles. The summed E-state index contributed by atoms with van der Waals surface area (Å²) in [5.41, 5.74) is 0.687. The van der Waals surface area contributed by atoms with E-state index in [0.29, 0.717) is 36.2 Å². The molecular formula is C13H16O2. The van der Waals surface area contributed by atoms with E-state index in [1.807, 2.05) is 0 Å². The molecule has 3 atom stereocenters. The normalized spacial score (nSPS) is 44.4. The van der Waals surface area contributed by atoms with Crippen molar-refractivity contribution in [1.82, 2.24) is 0 Å². The lowest BCUT2D eigenvalue weighted by molar-refractivity contribution is -0.144. The summed E-state index contributed by atoms with van der Waals surface area (Å²) >= 11 is 0. The van der Waals surface area contributed by atoms with E-state index in [1.54, 1.807) is 0 Å². The van der Waals surface area contributed by atoms with E-state index >= 15 is 0 Å². The first-order valence-corrected chi connectivity index (χ1v) is 5.89. The lowest BCUT2D eigenvalue weighted by atomic mass is 9.49. The van der Waals surface area contributed by atoms with Gasteiger partial charge in [-0.3, -0.25) is 9.59 Å². The van der Waals surface area contributed by atoms with Crippen LogP contribution < -0.4 is 0 Å². The van der Waals surface area contributed by atoms with E-state index in [-0.39, 0.29) is 5.41 Å². The summed E-state index contributed by atoms with van der Waals surface area (Å²) in [5.74, 6) is 1.38. The first-order chi connectivity index (χ1) is 7.13. The number of ketones is 2. The fourth-order valence-electron chi connectivity index (χ4n) is 3.90. The van der Waals surface area contributed by atoms with E-state index in [1.165, 1.54) is 0 Å². The highest BCUT2D eigenvalue weighted by Crippen LogP contribution is 2.58. The minimum absolute atomic E-state index is 0.167. The molecule has 2 bridgehead atoms. The Hall–Kier alpha value is -0.920. The summed E-state index contributed by atoms with van der Waals surface area (Å²) in [6, 6.07) is 0. The molecule has 15 heavy (non-hydrogen) atoms. The lowest BCUT2D eigenvalue weighted by Gasteiger charge is -2.53. The second-order valence-electron chi connectivity index (χ2n) is 5.42. The molecule has 4 aliphatic carbocycles. The van der Waals surface area contributed by atoms with Gasteiger partial charge in [0.15, 0.2) is 5.78 Å². The SMILES string of the molecule is C=C1C(=O)[C@]23CCC(=O)C[C@H]2C[C@H]1CC3. The monoisotopic (exact) mass is 204 g/mol. The number of Topliss-reactive ketones (excluding diaryl/α,β-unsaturated/α-hetero) is 2. The van der Waals surface area contributed by atoms with Gasteiger partial charge in [0.2, 0.25) is 0 Å². The highest BCUT2D eigenvalue weighted by Gasteiger charge is 2.56. The van der Waals surface area contributed by atoms with Gasteiger partial charge in [-0.05, 0) is 43.1 Å². The van der Waals surface area contributed by atoms with Crippen LogP contribution in [0.2, 0.25) is 0 Å². The molecule has 0 unspecified atom stereocenters. The lowest BCUT2D eigenvalue weighted by Crippen LogP contribution is -2.53. The van der Waals surface area contributed by atoms with Crippen LogP contribution in [0.15, 0.2) is 12.2 Å². The molecule has 2 heteroatoms. The quantitative estimate of drug-likeness (QED) is 0.567. The third-order valence-electron chi connectivity index (χ3n) is 4.85. The minimum atomic E-state index is -0.167. The molecule has 0 amide bonds. The predicted octanol–water partition coefficient (Wildman–Crippen LogP) is 2.28. The van der Waals surface area contributed by atoms with Crippen LogP contribution in [0.5, 0.6) is 0 Å². The van der Waals surface area contributed by atoms with Gasteiger partial charge >= 0.3 is 0 Å². The average molecular weight is 204 g/mol. The maximum atomic E-state index is 12.2. The topological polar surface area (TPSA) is 34.1 Å². The van der Waals surface area contributed by atoms with Crippen molar-refractivity contribution in [3.8, 4) is 0 Å². The van der Waals surface area contributed by atoms with Crippen molar-refractivity contribution in [1.29, 1.82) is 0 Å². The Labute approximate surface area is 89.7 Å². The molecular weight excluding hydrogens is 188 g/mol. The Morgan fingerprint density at radius 2 is 2.07 bits per heavy atom. The van der Waals surface area contributed by atoms with Crippen LogP contribution in [0.25, 0.3) is 0 Å². The molecule has 0 aliphatic heterocycles. The van der Waals surface area contributed by atoms with Gasteiger partial charge in [-0.2, -0.15) is 0 Å². The molecule has 0 heterocycles. The fraction of sp³-hybridized carbons (Fsp3) is 0.692. The number of allylic oxidation sites excluding steroid dienone is 1. The Bertz CT molecular complexity index is 369. The van der Waals surface area contributed by atoms with Crippen molar-refractivity contribution < 1.29 is 9.59 Å². The van der Waals surface area contributed by atoms with Crippen LogP contribution in [-0.4, -0.2) is 11.6 Å². The second-order valence-corrected chi connectivity index (χ2v) is 5.42. The van der Waals surface area contributed by atoms with Crippen LogP contribution in [0, 0.1) is 17.3 Å². The Morgan fingerprint density at radius 1 is 1.27 bits per heavy atom. The zero-order valence-corrected chi connectivity index (χ0v) is 8.92. The molecule has 0 N–H and O–H groups in total. The van der Waals surface area contributed by atoms with Crippen molar-refractivity contribution in [2.24, 2.45) is 17.3 Å². The number of hydrogen-bond donors (Lipinski definition) is 0. The average Bonchev–Trinajstić information content (AvgIpc) is 2.24. The number of hydrogen-bond acceptors (Lipinski definition) is 2. The van der Waals surface area contributed by atoms with Gasteiger partial charge in [0.05, 0.1) is 0 Å². The van der Waals surface area contributed by atoms with Gasteiger partial charge in [0.1, 0.15) is 5.78 Å². The molecule has 80 valence electrons. The maximum absolute atomic E-state index is 12.2. The summed E-state index contributed by atoms with van der Waals surface area (Å²) in [4.78, 5) is 23.7. The Kier molecular flexibility index (Phi) is 1.74. The van der Waals surface area contributed by atoms with Crippen molar-refractivity contribution in [3.63, 3.8) is 0 Å². The molecule has 1 spiro atoms. The van der Waals surface area contributed by atoms with Gasteiger partial charge < -0.3 is 0 Å². The van der Waals surface area contributed by atoms with Gasteiger partial charge in [-0.1, -0.05) is 6.58 Å². The molecule has 0 aromatic carbocycles. The Balaban J connectivity index is 2.02. The smallest absolute Gasteiger partial charge is 0.164 e. The van der Waals surface area contributed by atoms with E-state index in [0.717, 1.165) is 31.3 Å². The predicted molar refractivity (Wildman–Crippen MR) is 56.3 cm³/mol. The molecule has 0 saturated heterocycles. The third-order valence-corrected chi connectivity index (χ3v) is 4.85. The van der Waals surface area contributed by atoms with Gasteiger partial charge in [-0.15, -0.1) is 0 Å². The number of rotatable bonds is 0. The van der Waals surface area contributed by atoms with Crippen LogP contribution in [0.4, 0.5) is 0 Å². The summed E-state index contributed by atoms with van der Waals surface area (Å²) < 4.78 is 0. The first kappa shape index (κ1) is 9.32. The zero-order chi connectivity index (χ0) is 10.6. The first-order valence-electron chi connectivity index (χ1n) is 5.89. The van der Waals surface area contributed by atoms with E-state index in [9.17, 15) is 9.59 Å². The largest absolute Gasteiger partial charge is 0.300 e. The standard InChI is InChI=1S/C13H16O2/c1-8-9-2-4-13(12(8)15)5-3-11(14)7-10(13)6-9/h9-10H,1-7H2/t9-,10-,13-/m1/s1. The van der Waals surface area contributed by atoms with E-state index in [4.69, 9.17) is 0 Å². The van der Waals surface area contributed by atoms with E-state index in [2.05, 4.69) is 6.58 Å². The van der Waals surface area contributed by atoms with Crippen LogP contribution in [-0.2, 0) is 9.59 Å². The number of carbonyl (C=O) groups is 2. The minimum Gasteiger partial charge on any atom is -0.300 e. The summed E-state index contributed by atoms with van der Waals surface area (Å²) in [6.45, 7) is 3.95. The van der Waals surface area contributed by atoms with Crippen molar-refractivity contribution in [2.45, 2.75) is 38.5 Å². The number of fused-ring (bicyclic) bond motifs is 2. The number of carbonyl (C=O) groups excluding carboxylic acids is 2. The van der Waals surface area contributed by atoms with Gasteiger partial charge in [0.25, 0.3) is 0 Å². The molecule has 0 radical (unpaired) electrons. The highest BCUT2D eigenvalue weighted by molar-refractivity contribution is 6.03. The van der Waals surface area contributed by atoms with Gasteiger partial charge in [0, 0.05) is 18.3 Å². The molecule has 4 aliphatic rings. The van der Waals surface area contributed by atoms with Crippen molar-refractivity contribution in [3.05, 3.63) is 12.2 Å². The van der Waals surface area contributed by atoms with Crippen LogP contribution in [0.1, 0.15) is 38.5 Å². The molecule has 4 fully saturated rings. The van der Waals surface area contributed by atoms with Gasteiger partial charge in [-0.25, -0.2) is 0 Å². The Morgan fingerprint density at radius 3 is 2.87 bits per heavy atom. The molecule has 4 rings (SSSR count). The van der Waals surface area contributed by atoms with Crippen molar-refractivity contribution in [2.75, 3.05) is 0 Å². The zero-order valence-electron chi connectivity index (χ0n) is 8.92.